The van der Waals surface area contributed by atoms with Crippen LogP contribution in [0.15, 0.2) is 18.3 Å². The van der Waals surface area contributed by atoms with Crippen LogP contribution in [0.2, 0.25) is 0 Å². The number of rotatable bonds is 6. The number of pyridine rings is 1. The van der Waals surface area contributed by atoms with Gasteiger partial charge in [-0.2, -0.15) is 0 Å². The van der Waals surface area contributed by atoms with Crippen LogP contribution in [-0.4, -0.2) is 34.4 Å². The van der Waals surface area contributed by atoms with Gasteiger partial charge in [0.25, 0.3) is 0 Å². The molecule has 0 bridgehead atoms. The van der Waals surface area contributed by atoms with Gasteiger partial charge in [0, 0.05) is 32.6 Å². The van der Waals surface area contributed by atoms with Crippen molar-refractivity contribution in [2.45, 2.75) is 19.9 Å². The second-order valence-corrected chi connectivity index (χ2v) is 3.87. The van der Waals surface area contributed by atoms with Crippen LogP contribution in [0.5, 0.6) is 0 Å². The predicted molar refractivity (Wildman–Crippen MR) is 66.3 cm³/mol. The molecule has 0 radical (unpaired) electrons. The number of hydrogen-bond acceptors (Lipinski definition) is 4. The van der Waals surface area contributed by atoms with Crippen molar-refractivity contribution in [3.05, 3.63) is 29.6 Å². The highest BCUT2D eigenvalue weighted by Gasteiger charge is 2.05. The highest BCUT2D eigenvalue weighted by molar-refractivity contribution is 5.85. The number of aromatic nitrogens is 1. The lowest BCUT2D eigenvalue weighted by atomic mass is 10.2. The van der Waals surface area contributed by atoms with E-state index in [0.717, 1.165) is 0 Å². The molecule has 0 unspecified atom stereocenters. The molecule has 19 heavy (non-hydrogen) atoms. The topological polar surface area (TPSA) is 108 Å². The number of carboxylic acid groups (broad SMARTS) is 1. The Kier molecular flexibility index (Phi) is 5.46. The summed E-state index contributed by atoms with van der Waals surface area (Å²) in [5, 5.41) is 13.8. The van der Waals surface area contributed by atoms with E-state index < -0.39 is 5.97 Å². The Labute approximate surface area is 110 Å². The fourth-order valence-electron chi connectivity index (χ4n) is 1.30. The fourth-order valence-corrected chi connectivity index (χ4v) is 1.30. The first kappa shape index (κ1) is 14.6. The van der Waals surface area contributed by atoms with Crippen LogP contribution in [0.1, 0.15) is 29.4 Å². The number of hydrogen-bond donors (Lipinski definition) is 3. The molecule has 0 saturated heterocycles. The zero-order valence-corrected chi connectivity index (χ0v) is 10.5. The Morgan fingerprint density at radius 2 is 2.00 bits per heavy atom. The molecule has 7 nitrogen and oxygen atoms in total. The Balaban J connectivity index is 2.33. The molecule has 0 aliphatic carbocycles. The second-order valence-electron chi connectivity index (χ2n) is 3.87. The molecule has 102 valence electrons. The van der Waals surface area contributed by atoms with Crippen LogP contribution < -0.4 is 10.6 Å². The van der Waals surface area contributed by atoms with Crippen molar-refractivity contribution >= 4 is 17.8 Å². The van der Waals surface area contributed by atoms with Gasteiger partial charge in [0.05, 0.1) is 0 Å². The number of amides is 2. The lowest BCUT2D eigenvalue weighted by molar-refractivity contribution is -0.121. The first-order valence-electron chi connectivity index (χ1n) is 5.68. The van der Waals surface area contributed by atoms with E-state index in [4.69, 9.17) is 5.11 Å². The SMILES string of the molecule is CC(=O)NCCC(=O)NCc1ccc(C(=O)O)nc1. The lowest BCUT2D eigenvalue weighted by Gasteiger charge is -2.05. The van der Waals surface area contributed by atoms with Crippen LogP contribution >= 0.6 is 0 Å². The number of aromatic carboxylic acids is 1. The van der Waals surface area contributed by atoms with Gasteiger partial charge in [-0.15, -0.1) is 0 Å². The van der Waals surface area contributed by atoms with Crippen LogP contribution in [0, 0.1) is 0 Å². The van der Waals surface area contributed by atoms with Crippen LogP contribution in [0.3, 0.4) is 0 Å². The van der Waals surface area contributed by atoms with Crippen molar-refractivity contribution in [3.8, 4) is 0 Å². The average Bonchev–Trinajstić information content (AvgIpc) is 2.36. The van der Waals surface area contributed by atoms with Crippen molar-refractivity contribution in [1.29, 1.82) is 0 Å². The summed E-state index contributed by atoms with van der Waals surface area (Å²) in [7, 11) is 0. The molecule has 0 spiro atoms. The molecular formula is C12H15N3O4. The Morgan fingerprint density at radius 3 is 2.53 bits per heavy atom. The van der Waals surface area contributed by atoms with Gasteiger partial charge in [-0.3, -0.25) is 9.59 Å². The van der Waals surface area contributed by atoms with Crippen molar-refractivity contribution in [3.63, 3.8) is 0 Å². The molecule has 0 aliphatic heterocycles. The van der Waals surface area contributed by atoms with Crippen molar-refractivity contribution in [1.82, 2.24) is 15.6 Å². The molecule has 0 aromatic carbocycles. The number of carbonyl (C=O) groups is 3. The summed E-state index contributed by atoms with van der Waals surface area (Å²) in [6.07, 6.45) is 1.60. The summed E-state index contributed by atoms with van der Waals surface area (Å²) in [5.41, 5.74) is 0.665. The first-order valence-corrected chi connectivity index (χ1v) is 5.68. The summed E-state index contributed by atoms with van der Waals surface area (Å²) in [5.74, 6) is -1.47. The Morgan fingerprint density at radius 1 is 1.26 bits per heavy atom. The predicted octanol–water partition coefficient (Wildman–Crippen LogP) is -0.0778. The molecular weight excluding hydrogens is 250 g/mol. The number of nitrogens with one attached hydrogen (secondary N) is 2. The summed E-state index contributed by atoms with van der Waals surface area (Å²) in [6.45, 7) is 1.94. The average molecular weight is 265 g/mol. The van der Waals surface area contributed by atoms with E-state index in [9.17, 15) is 14.4 Å². The third-order valence-electron chi connectivity index (χ3n) is 2.26. The first-order chi connectivity index (χ1) is 8.99. The minimum absolute atomic E-state index is 0.0410. The zero-order valence-electron chi connectivity index (χ0n) is 10.5. The largest absolute Gasteiger partial charge is 0.477 e. The van der Waals surface area contributed by atoms with Gasteiger partial charge in [0.1, 0.15) is 5.69 Å². The van der Waals surface area contributed by atoms with Gasteiger partial charge in [-0.1, -0.05) is 6.07 Å². The molecule has 7 heteroatoms. The van der Waals surface area contributed by atoms with E-state index in [1.165, 1.54) is 19.2 Å². The van der Waals surface area contributed by atoms with Gasteiger partial charge in [-0.05, 0) is 11.6 Å². The minimum atomic E-state index is -1.09. The summed E-state index contributed by atoms with van der Waals surface area (Å²) in [4.78, 5) is 36.3. The molecule has 2 amide bonds. The molecule has 3 N–H and O–H groups in total. The molecule has 0 saturated carbocycles. The van der Waals surface area contributed by atoms with Gasteiger partial charge < -0.3 is 15.7 Å². The number of carboxylic acids is 1. The van der Waals surface area contributed by atoms with Gasteiger partial charge in [0.15, 0.2) is 0 Å². The highest BCUT2D eigenvalue weighted by atomic mass is 16.4. The van der Waals surface area contributed by atoms with Crippen molar-refractivity contribution < 1.29 is 19.5 Å². The Bertz CT molecular complexity index is 470. The number of carbonyl (C=O) groups excluding carboxylic acids is 2. The lowest BCUT2D eigenvalue weighted by Crippen LogP contribution is -2.29. The molecule has 0 aliphatic rings. The van der Waals surface area contributed by atoms with Crippen molar-refractivity contribution in [2.75, 3.05) is 6.54 Å². The molecule has 1 aromatic rings. The smallest absolute Gasteiger partial charge is 0.354 e. The standard InChI is InChI=1S/C12H15N3O4/c1-8(16)13-5-4-11(17)15-7-9-2-3-10(12(18)19)14-6-9/h2-3,6H,4-5,7H2,1H3,(H,13,16)(H,15,17)(H,18,19). The maximum absolute atomic E-state index is 11.4. The third-order valence-corrected chi connectivity index (χ3v) is 2.26. The molecule has 0 atom stereocenters. The van der Waals surface area contributed by atoms with E-state index in [1.807, 2.05) is 0 Å². The monoisotopic (exact) mass is 265 g/mol. The van der Waals surface area contributed by atoms with E-state index in [1.54, 1.807) is 6.07 Å². The zero-order chi connectivity index (χ0) is 14.3. The fraction of sp³-hybridized carbons (Fsp3) is 0.333. The van der Waals surface area contributed by atoms with E-state index >= 15 is 0 Å². The Hall–Kier alpha value is -2.44. The van der Waals surface area contributed by atoms with E-state index in [2.05, 4.69) is 15.6 Å². The normalized spacial score (nSPS) is 9.74. The summed E-state index contributed by atoms with van der Waals surface area (Å²) < 4.78 is 0. The maximum atomic E-state index is 11.4. The number of nitrogens with zero attached hydrogens (tertiary/aromatic N) is 1. The molecule has 1 rings (SSSR count). The summed E-state index contributed by atoms with van der Waals surface area (Å²) >= 11 is 0. The van der Waals surface area contributed by atoms with Crippen LogP contribution in [0.4, 0.5) is 0 Å². The quantitative estimate of drug-likeness (QED) is 0.666. The van der Waals surface area contributed by atoms with E-state index in [0.29, 0.717) is 5.56 Å². The second kappa shape index (κ2) is 7.10. The van der Waals surface area contributed by atoms with Gasteiger partial charge in [0.2, 0.25) is 11.8 Å². The van der Waals surface area contributed by atoms with Gasteiger partial charge in [-0.25, -0.2) is 9.78 Å². The minimum Gasteiger partial charge on any atom is -0.477 e. The molecule has 0 fully saturated rings. The van der Waals surface area contributed by atoms with Crippen LogP contribution in [0.25, 0.3) is 0 Å². The highest BCUT2D eigenvalue weighted by Crippen LogP contribution is 2.00. The third kappa shape index (κ3) is 5.62. The molecule has 1 aromatic heterocycles. The van der Waals surface area contributed by atoms with E-state index in [-0.39, 0.29) is 37.0 Å². The maximum Gasteiger partial charge on any atom is 0.354 e. The molecule has 1 heterocycles. The van der Waals surface area contributed by atoms with Crippen LogP contribution in [-0.2, 0) is 16.1 Å². The summed E-state index contributed by atoms with van der Waals surface area (Å²) in [6, 6.07) is 2.96. The van der Waals surface area contributed by atoms with Crippen molar-refractivity contribution in [2.24, 2.45) is 0 Å². The van der Waals surface area contributed by atoms with Gasteiger partial charge >= 0.3 is 5.97 Å².